The molecular weight excluding hydrogens is 366 g/mol. The van der Waals surface area contributed by atoms with Crippen LogP contribution in [0.1, 0.15) is 29.0 Å². The molecule has 1 aromatic heterocycles. The van der Waals surface area contributed by atoms with Gasteiger partial charge in [-0.2, -0.15) is 5.10 Å². The summed E-state index contributed by atoms with van der Waals surface area (Å²) < 4.78 is 12.7. The topological polar surface area (TPSA) is 65.4 Å². The molecule has 1 aliphatic heterocycles. The fourth-order valence-electron chi connectivity index (χ4n) is 3.54. The smallest absolute Gasteiger partial charge is 0.226 e. The number of benzene rings is 2. The molecule has 2 aromatic carbocycles. The number of rotatable bonds is 5. The minimum absolute atomic E-state index is 0.0528. The number of nitrogens with zero attached hydrogens (tertiary/aromatic N) is 2. The first-order chi connectivity index (χ1) is 14.1. The van der Waals surface area contributed by atoms with E-state index in [-0.39, 0.29) is 18.4 Å². The Morgan fingerprint density at radius 2 is 2.03 bits per heavy atom. The fraction of sp³-hybridized carbons (Fsp3) is 0.217. The summed E-state index contributed by atoms with van der Waals surface area (Å²) in [6.07, 6.45) is 7.42. The number of aromatic nitrogens is 2. The maximum atomic E-state index is 12.5. The van der Waals surface area contributed by atoms with Crippen LogP contribution in [0.25, 0.3) is 5.69 Å². The molecule has 0 bridgehead atoms. The molecule has 0 saturated carbocycles. The van der Waals surface area contributed by atoms with Crippen LogP contribution in [0.5, 0.6) is 11.5 Å². The van der Waals surface area contributed by atoms with E-state index in [2.05, 4.69) is 16.3 Å². The summed E-state index contributed by atoms with van der Waals surface area (Å²) in [7, 11) is 1.58. The van der Waals surface area contributed by atoms with E-state index < -0.39 is 0 Å². The first kappa shape index (κ1) is 18.6. The van der Waals surface area contributed by atoms with Crippen molar-refractivity contribution in [3.63, 3.8) is 0 Å². The minimum Gasteiger partial charge on any atom is -0.493 e. The third-order valence-electron chi connectivity index (χ3n) is 5.00. The van der Waals surface area contributed by atoms with Gasteiger partial charge in [0.05, 0.1) is 19.0 Å². The lowest BCUT2D eigenvalue weighted by atomic mass is 9.87. The Morgan fingerprint density at radius 3 is 2.76 bits per heavy atom. The summed E-state index contributed by atoms with van der Waals surface area (Å²) in [5.74, 6) is 4.11. The highest BCUT2D eigenvalue weighted by molar-refractivity contribution is 5.94. The monoisotopic (exact) mass is 387 g/mol. The number of hydrogen-bond donors (Lipinski definition) is 1. The molecule has 6 heteroatoms. The summed E-state index contributed by atoms with van der Waals surface area (Å²) >= 11 is 0. The van der Waals surface area contributed by atoms with Gasteiger partial charge in [0, 0.05) is 17.9 Å². The molecule has 0 unspecified atom stereocenters. The van der Waals surface area contributed by atoms with Gasteiger partial charge in [0.1, 0.15) is 12.4 Å². The van der Waals surface area contributed by atoms with Crippen LogP contribution in [0.3, 0.4) is 0 Å². The molecule has 4 rings (SSSR count). The zero-order valence-electron chi connectivity index (χ0n) is 16.3. The van der Waals surface area contributed by atoms with Gasteiger partial charge in [-0.1, -0.05) is 29.7 Å². The van der Waals surface area contributed by atoms with Crippen LogP contribution in [0, 0.1) is 19.3 Å². The molecule has 0 spiro atoms. The molecule has 1 atom stereocenters. The highest BCUT2D eigenvalue weighted by Crippen LogP contribution is 2.40. The molecule has 1 N–H and O–H groups in total. The summed E-state index contributed by atoms with van der Waals surface area (Å²) in [5.41, 5.74) is 3.98. The van der Waals surface area contributed by atoms with E-state index in [1.165, 1.54) is 0 Å². The number of carbonyl (C=O) groups is 1. The van der Waals surface area contributed by atoms with Gasteiger partial charge in [-0.05, 0) is 36.8 Å². The molecule has 0 fully saturated rings. The minimum atomic E-state index is -0.131. The van der Waals surface area contributed by atoms with E-state index in [1.54, 1.807) is 11.8 Å². The zero-order chi connectivity index (χ0) is 20.4. The number of ether oxygens (including phenoxy) is 2. The SMILES string of the molecule is C#CCOc1ccc([C@@H]2CC(=O)Nc3c2cnn3-c2ccc(C)cc2)cc1OC. The molecule has 0 aliphatic carbocycles. The van der Waals surface area contributed by atoms with Crippen molar-refractivity contribution < 1.29 is 14.3 Å². The van der Waals surface area contributed by atoms with Crippen LogP contribution < -0.4 is 14.8 Å². The molecule has 3 aromatic rings. The predicted molar refractivity (Wildman–Crippen MR) is 111 cm³/mol. The van der Waals surface area contributed by atoms with Crippen LogP contribution >= 0.6 is 0 Å². The largest absolute Gasteiger partial charge is 0.493 e. The Morgan fingerprint density at radius 1 is 1.24 bits per heavy atom. The number of carbonyl (C=O) groups excluding carboxylic acids is 1. The number of nitrogens with one attached hydrogen (secondary N) is 1. The van der Waals surface area contributed by atoms with Crippen molar-refractivity contribution in [2.24, 2.45) is 0 Å². The maximum Gasteiger partial charge on any atom is 0.226 e. The van der Waals surface area contributed by atoms with E-state index in [0.717, 1.165) is 22.4 Å². The number of methoxy groups -OCH3 is 1. The average molecular weight is 387 g/mol. The van der Waals surface area contributed by atoms with Gasteiger partial charge in [0.15, 0.2) is 11.5 Å². The second-order valence-corrected chi connectivity index (χ2v) is 6.90. The molecule has 146 valence electrons. The number of anilines is 1. The number of aryl methyl sites for hydroxylation is 1. The summed E-state index contributed by atoms with van der Waals surface area (Å²) in [4.78, 5) is 12.5. The molecular formula is C23H21N3O3. The van der Waals surface area contributed by atoms with Crippen molar-refractivity contribution in [2.45, 2.75) is 19.3 Å². The highest BCUT2D eigenvalue weighted by atomic mass is 16.5. The molecule has 29 heavy (non-hydrogen) atoms. The lowest BCUT2D eigenvalue weighted by Crippen LogP contribution is -2.24. The van der Waals surface area contributed by atoms with E-state index in [4.69, 9.17) is 15.9 Å². The maximum absolute atomic E-state index is 12.5. The van der Waals surface area contributed by atoms with E-state index in [9.17, 15) is 4.79 Å². The van der Waals surface area contributed by atoms with Gasteiger partial charge in [-0.15, -0.1) is 6.42 Å². The fourth-order valence-corrected chi connectivity index (χ4v) is 3.54. The van der Waals surface area contributed by atoms with Gasteiger partial charge in [0.2, 0.25) is 5.91 Å². The number of fused-ring (bicyclic) bond motifs is 1. The Labute approximate surface area is 169 Å². The lowest BCUT2D eigenvalue weighted by molar-refractivity contribution is -0.116. The van der Waals surface area contributed by atoms with Crippen molar-refractivity contribution in [1.29, 1.82) is 0 Å². The number of hydrogen-bond acceptors (Lipinski definition) is 4. The van der Waals surface area contributed by atoms with Crippen LogP contribution in [-0.4, -0.2) is 29.4 Å². The standard InChI is InChI=1S/C23H21N3O3/c1-4-11-29-20-10-7-16(12-21(20)28-3)18-13-22(27)25-23-19(18)14-24-26(23)17-8-5-15(2)6-9-17/h1,5-10,12,14,18H,11,13H2,2-3H3,(H,25,27)/t18-/m0/s1. The van der Waals surface area contributed by atoms with Crippen LogP contribution in [-0.2, 0) is 4.79 Å². The van der Waals surface area contributed by atoms with E-state index >= 15 is 0 Å². The van der Waals surface area contributed by atoms with Gasteiger partial charge in [0.25, 0.3) is 0 Å². The molecule has 6 nitrogen and oxygen atoms in total. The van der Waals surface area contributed by atoms with E-state index in [0.29, 0.717) is 23.7 Å². The normalized spacial score (nSPS) is 15.2. The molecule has 0 saturated heterocycles. The molecule has 1 aliphatic rings. The predicted octanol–water partition coefficient (Wildman–Crippen LogP) is 3.68. The van der Waals surface area contributed by atoms with Gasteiger partial charge >= 0.3 is 0 Å². The van der Waals surface area contributed by atoms with Gasteiger partial charge in [-0.3, -0.25) is 4.79 Å². The van der Waals surface area contributed by atoms with E-state index in [1.807, 2.05) is 55.6 Å². The Bertz CT molecular complexity index is 1090. The highest BCUT2D eigenvalue weighted by Gasteiger charge is 2.31. The third-order valence-corrected chi connectivity index (χ3v) is 5.00. The second-order valence-electron chi connectivity index (χ2n) is 6.90. The first-order valence-electron chi connectivity index (χ1n) is 9.29. The Hall–Kier alpha value is -3.72. The van der Waals surface area contributed by atoms with Crippen molar-refractivity contribution in [3.05, 3.63) is 65.4 Å². The zero-order valence-corrected chi connectivity index (χ0v) is 16.3. The summed E-state index contributed by atoms with van der Waals surface area (Å²) in [6.45, 7) is 2.19. The Balaban J connectivity index is 1.73. The van der Waals surface area contributed by atoms with Crippen LogP contribution in [0.2, 0.25) is 0 Å². The van der Waals surface area contributed by atoms with Crippen LogP contribution in [0.15, 0.2) is 48.7 Å². The van der Waals surface area contributed by atoms with Crippen molar-refractivity contribution in [3.8, 4) is 29.5 Å². The van der Waals surface area contributed by atoms with Gasteiger partial charge in [-0.25, -0.2) is 4.68 Å². The molecule has 1 amide bonds. The summed E-state index contributed by atoms with van der Waals surface area (Å²) in [6, 6.07) is 13.7. The van der Waals surface area contributed by atoms with Crippen molar-refractivity contribution >= 4 is 11.7 Å². The number of terminal acetylenes is 1. The average Bonchev–Trinajstić information content (AvgIpc) is 3.15. The van der Waals surface area contributed by atoms with Crippen molar-refractivity contribution in [2.75, 3.05) is 19.0 Å². The van der Waals surface area contributed by atoms with Crippen LogP contribution in [0.4, 0.5) is 5.82 Å². The third kappa shape index (κ3) is 3.55. The lowest BCUT2D eigenvalue weighted by Gasteiger charge is -2.24. The van der Waals surface area contributed by atoms with Crippen molar-refractivity contribution in [1.82, 2.24) is 9.78 Å². The summed E-state index contributed by atoms with van der Waals surface area (Å²) in [5, 5.41) is 7.51. The quantitative estimate of drug-likeness (QED) is 0.679. The molecule has 2 heterocycles. The second kappa shape index (κ2) is 7.72. The number of amides is 1. The van der Waals surface area contributed by atoms with Gasteiger partial charge < -0.3 is 14.8 Å². The Kier molecular flexibility index (Phi) is 4.96. The first-order valence-corrected chi connectivity index (χ1v) is 9.29. The molecule has 0 radical (unpaired) electrons.